The summed E-state index contributed by atoms with van der Waals surface area (Å²) in [6.45, 7) is 10.1. The number of amides is 1. The van der Waals surface area contributed by atoms with Crippen molar-refractivity contribution in [1.82, 2.24) is 14.9 Å². The zero-order chi connectivity index (χ0) is 21.1. The number of nitrogens with one attached hydrogen (secondary N) is 1. The highest BCUT2D eigenvalue weighted by Gasteiger charge is 2.20. The third-order valence-corrected chi connectivity index (χ3v) is 6.94. The minimum Gasteiger partial charge on any atom is -0.353 e. The number of rotatable bonds is 7. The van der Waals surface area contributed by atoms with Crippen molar-refractivity contribution in [3.63, 3.8) is 0 Å². The average Bonchev–Trinajstić information content (AvgIpc) is 3.01. The first-order valence-electron chi connectivity index (χ1n) is 9.89. The van der Waals surface area contributed by atoms with Crippen molar-refractivity contribution < 1.29 is 4.79 Å². The molecule has 2 aromatic heterocycles. The zero-order valence-electron chi connectivity index (χ0n) is 17.5. The van der Waals surface area contributed by atoms with E-state index in [2.05, 4.69) is 12.2 Å². The van der Waals surface area contributed by atoms with Crippen LogP contribution in [0.5, 0.6) is 0 Å². The summed E-state index contributed by atoms with van der Waals surface area (Å²) in [5.41, 5.74) is 2.85. The fourth-order valence-corrected chi connectivity index (χ4v) is 5.24. The van der Waals surface area contributed by atoms with E-state index >= 15 is 0 Å². The lowest BCUT2D eigenvalue weighted by molar-refractivity contribution is -0.119. The number of aryl methyl sites for hydroxylation is 3. The van der Waals surface area contributed by atoms with Crippen LogP contribution in [0.4, 0.5) is 0 Å². The van der Waals surface area contributed by atoms with Gasteiger partial charge in [-0.2, -0.15) is 0 Å². The van der Waals surface area contributed by atoms with Crippen LogP contribution in [0.2, 0.25) is 0 Å². The first-order valence-corrected chi connectivity index (χ1v) is 11.7. The van der Waals surface area contributed by atoms with Crippen molar-refractivity contribution in [1.29, 1.82) is 0 Å². The number of fused-ring (bicyclic) bond motifs is 1. The van der Waals surface area contributed by atoms with Gasteiger partial charge < -0.3 is 5.32 Å². The van der Waals surface area contributed by atoms with E-state index in [1.807, 2.05) is 52.0 Å². The van der Waals surface area contributed by atoms with E-state index in [0.717, 1.165) is 39.4 Å². The van der Waals surface area contributed by atoms with Crippen LogP contribution in [-0.4, -0.2) is 27.3 Å². The summed E-state index contributed by atoms with van der Waals surface area (Å²) in [4.78, 5) is 32.5. The topological polar surface area (TPSA) is 64.0 Å². The van der Waals surface area contributed by atoms with Crippen molar-refractivity contribution >= 4 is 39.2 Å². The second-order valence-corrected chi connectivity index (χ2v) is 9.36. The lowest BCUT2D eigenvalue weighted by atomic mass is 10.1. The molecule has 1 aromatic carbocycles. The fraction of sp³-hybridized carbons (Fsp3) is 0.409. The Morgan fingerprint density at radius 1 is 1.31 bits per heavy atom. The smallest absolute Gasteiger partial charge is 0.267 e. The summed E-state index contributed by atoms with van der Waals surface area (Å²) in [6, 6.07) is 7.95. The monoisotopic (exact) mass is 429 g/mol. The summed E-state index contributed by atoms with van der Waals surface area (Å²) < 4.78 is 1.65. The number of nitrogens with zero attached hydrogens (tertiary/aromatic N) is 2. The maximum atomic E-state index is 13.5. The van der Waals surface area contributed by atoms with Gasteiger partial charge in [-0.05, 0) is 56.9 Å². The van der Waals surface area contributed by atoms with Gasteiger partial charge in [0.15, 0.2) is 5.16 Å². The molecule has 0 aliphatic heterocycles. The number of hydrogen-bond donors (Lipinski definition) is 1. The molecule has 0 bridgehead atoms. The van der Waals surface area contributed by atoms with Gasteiger partial charge in [0.05, 0.1) is 16.8 Å². The van der Waals surface area contributed by atoms with Crippen LogP contribution in [0.1, 0.15) is 43.2 Å². The number of hydrogen-bond acceptors (Lipinski definition) is 5. The Bertz CT molecular complexity index is 1100. The predicted molar refractivity (Wildman–Crippen MR) is 123 cm³/mol. The van der Waals surface area contributed by atoms with Gasteiger partial charge in [-0.1, -0.05) is 37.7 Å². The predicted octanol–water partition coefficient (Wildman–Crippen LogP) is 4.63. The Morgan fingerprint density at radius 2 is 2.07 bits per heavy atom. The third kappa shape index (κ3) is 4.56. The van der Waals surface area contributed by atoms with Gasteiger partial charge in [0.2, 0.25) is 5.91 Å². The van der Waals surface area contributed by atoms with Crippen LogP contribution >= 0.6 is 23.1 Å². The van der Waals surface area contributed by atoms with Gasteiger partial charge in [-0.15, -0.1) is 11.3 Å². The number of benzene rings is 1. The number of aromatic nitrogens is 2. The maximum absolute atomic E-state index is 13.5. The molecule has 0 aliphatic carbocycles. The summed E-state index contributed by atoms with van der Waals surface area (Å²) in [5, 5.41) is 4.22. The molecule has 0 fully saturated rings. The van der Waals surface area contributed by atoms with Crippen molar-refractivity contribution in [2.75, 3.05) is 5.75 Å². The van der Waals surface area contributed by atoms with Crippen molar-refractivity contribution in [3.05, 3.63) is 50.6 Å². The molecule has 0 unspecified atom stereocenters. The fourth-order valence-electron chi connectivity index (χ4n) is 3.26. The molecule has 3 rings (SSSR count). The minimum atomic E-state index is -0.0633. The lowest BCUT2D eigenvalue weighted by Gasteiger charge is -2.14. The molecular formula is C22H27N3O2S2. The second kappa shape index (κ2) is 9.13. The molecule has 29 heavy (non-hydrogen) atoms. The number of carbonyl (C=O) groups excluding carboxylic acids is 1. The molecule has 0 saturated carbocycles. The molecule has 154 valence electrons. The van der Waals surface area contributed by atoms with E-state index in [1.165, 1.54) is 11.8 Å². The van der Waals surface area contributed by atoms with Gasteiger partial charge in [0, 0.05) is 10.9 Å². The van der Waals surface area contributed by atoms with E-state index in [-0.39, 0.29) is 23.3 Å². The van der Waals surface area contributed by atoms with Gasteiger partial charge in [0.25, 0.3) is 5.56 Å². The molecule has 5 nitrogen and oxygen atoms in total. The first-order chi connectivity index (χ1) is 13.8. The molecule has 2 heterocycles. The Labute approximate surface area is 179 Å². The van der Waals surface area contributed by atoms with E-state index in [4.69, 9.17) is 4.98 Å². The van der Waals surface area contributed by atoms with Crippen LogP contribution in [0, 0.1) is 13.8 Å². The number of thiophene rings is 1. The lowest BCUT2D eigenvalue weighted by Crippen LogP contribution is -2.33. The summed E-state index contributed by atoms with van der Waals surface area (Å²) in [6.07, 6.45) is 1.67. The highest BCUT2D eigenvalue weighted by Crippen LogP contribution is 2.30. The van der Waals surface area contributed by atoms with Crippen molar-refractivity contribution in [3.8, 4) is 5.69 Å². The Morgan fingerprint density at radius 3 is 2.72 bits per heavy atom. The molecule has 1 atom stereocenters. The molecule has 0 spiro atoms. The van der Waals surface area contributed by atoms with E-state index in [9.17, 15) is 9.59 Å². The molecule has 1 N–H and O–H groups in total. The molecule has 0 radical (unpaired) electrons. The average molecular weight is 430 g/mol. The summed E-state index contributed by atoms with van der Waals surface area (Å²) >= 11 is 2.86. The third-order valence-electron chi connectivity index (χ3n) is 4.96. The summed E-state index contributed by atoms with van der Waals surface area (Å²) in [5.74, 6) is 0.171. The van der Waals surface area contributed by atoms with Gasteiger partial charge in [0.1, 0.15) is 4.83 Å². The number of carbonyl (C=O) groups is 1. The highest BCUT2D eigenvalue weighted by molar-refractivity contribution is 7.99. The largest absolute Gasteiger partial charge is 0.353 e. The van der Waals surface area contributed by atoms with Gasteiger partial charge >= 0.3 is 0 Å². The normalized spacial score (nSPS) is 12.3. The number of thioether (sulfide) groups is 1. The van der Waals surface area contributed by atoms with Crippen LogP contribution in [0.3, 0.4) is 0 Å². The molecular weight excluding hydrogens is 402 g/mol. The van der Waals surface area contributed by atoms with E-state index in [0.29, 0.717) is 10.5 Å². The summed E-state index contributed by atoms with van der Waals surface area (Å²) in [7, 11) is 0. The van der Waals surface area contributed by atoms with Gasteiger partial charge in [-0.3, -0.25) is 14.2 Å². The standard InChI is InChI=1S/C22H27N3O2S2/c1-6-14(4)23-18(26)12-28-22-24-20-19(17(7-2)15(5)29-20)21(27)25(22)16-10-8-9-13(3)11-16/h8-11,14H,6-7,12H2,1-5H3,(H,23,26)/t14-/m0/s1. The second-order valence-electron chi connectivity index (χ2n) is 7.21. The first kappa shape index (κ1) is 21.6. The minimum absolute atomic E-state index is 0.0499. The van der Waals surface area contributed by atoms with Crippen LogP contribution < -0.4 is 10.9 Å². The Kier molecular flexibility index (Phi) is 6.80. The van der Waals surface area contributed by atoms with Crippen LogP contribution in [0.15, 0.2) is 34.2 Å². The zero-order valence-corrected chi connectivity index (χ0v) is 19.2. The van der Waals surface area contributed by atoms with E-state index in [1.54, 1.807) is 15.9 Å². The molecule has 0 aliphatic rings. The molecule has 0 saturated heterocycles. The van der Waals surface area contributed by atoms with Crippen LogP contribution in [-0.2, 0) is 11.2 Å². The SMILES string of the molecule is CCc1c(C)sc2nc(SCC(=O)N[C@@H](C)CC)n(-c3cccc(C)c3)c(=O)c12. The molecule has 1 amide bonds. The highest BCUT2D eigenvalue weighted by atomic mass is 32.2. The Hall–Kier alpha value is -2.12. The quantitative estimate of drug-likeness (QED) is 0.439. The van der Waals surface area contributed by atoms with E-state index < -0.39 is 0 Å². The van der Waals surface area contributed by atoms with Crippen molar-refractivity contribution in [2.24, 2.45) is 0 Å². The van der Waals surface area contributed by atoms with Crippen LogP contribution in [0.25, 0.3) is 15.9 Å². The molecule has 7 heteroatoms. The van der Waals surface area contributed by atoms with Gasteiger partial charge in [-0.25, -0.2) is 4.98 Å². The molecule has 3 aromatic rings. The van der Waals surface area contributed by atoms with Crippen molar-refractivity contribution in [2.45, 2.75) is 58.7 Å². The maximum Gasteiger partial charge on any atom is 0.267 e. The Balaban J connectivity index is 2.11.